The molecule has 0 saturated heterocycles. The topological polar surface area (TPSA) is 30.5 Å². The monoisotopic (exact) mass is 355 g/mol. The van der Waals surface area contributed by atoms with E-state index in [1.54, 1.807) is 0 Å². The minimum Gasteiger partial charge on any atom is -0.494 e. The van der Waals surface area contributed by atoms with E-state index in [1.165, 1.54) is 31.2 Å². The highest BCUT2D eigenvalue weighted by atomic mass is 16.5. The van der Waals surface area contributed by atoms with Crippen LogP contribution in [0, 0.1) is 6.92 Å². The van der Waals surface area contributed by atoms with E-state index in [0.717, 1.165) is 36.8 Å². The molecular formula is C23H33NO2. The van der Waals surface area contributed by atoms with Gasteiger partial charge in [0.1, 0.15) is 17.6 Å². The third-order valence-corrected chi connectivity index (χ3v) is 4.29. The molecule has 2 aromatic carbocycles. The second kappa shape index (κ2) is 11.5. The van der Waals surface area contributed by atoms with Crippen LogP contribution in [0.4, 0.5) is 5.69 Å². The number of aryl methyl sites for hydroxylation is 1. The molecule has 3 nitrogen and oxygen atoms in total. The van der Waals surface area contributed by atoms with Crippen LogP contribution in [-0.4, -0.2) is 19.3 Å². The molecule has 1 atom stereocenters. The Morgan fingerprint density at radius 1 is 0.923 bits per heavy atom. The van der Waals surface area contributed by atoms with Crippen molar-refractivity contribution in [3.05, 3.63) is 54.1 Å². The molecule has 26 heavy (non-hydrogen) atoms. The lowest BCUT2D eigenvalue weighted by atomic mass is 10.2. The van der Waals surface area contributed by atoms with E-state index in [1.807, 2.05) is 24.3 Å². The number of hydrogen-bond donors (Lipinski definition) is 1. The molecule has 1 unspecified atom stereocenters. The molecule has 0 aromatic heterocycles. The summed E-state index contributed by atoms with van der Waals surface area (Å²) in [5.41, 5.74) is 2.29. The van der Waals surface area contributed by atoms with Gasteiger partial charge in [-0.05, 0) is 62.2 Å². The second-order valence-corrected chi connectivity index (χ2v) is 6.91. The Balaban J connectivity index is 1.66. The van der Waals surface area contributed by atoms with E-state index in [2.05, 4.69) is 50.4 Å². The summed E-state index contributed by atoms with van der Waals surface area (Å²) in [6.07, 6.45) is 6.40. The molecule has 0 aliphatic heterocycles. The molecule has 0 spiro atoms. The summed E-state index contributed by atoms with van der Waals surface area (Å²) in [7, 11) is 0. The van der Waals surface area contributed by atoms with Crippen molar-refractivity contribution >= 4 is 5.69 Å². The third kappa shape index (κ3) is 7.81. The van der Waals surface area contributed by atoms with Gasteiger partial charge in [-0.2, -0.15) is 0 Å². The molecule has 0 amide bonds. The molecule has 0 fully saturated rings. The average molecular weight is 356 g/mol. The molecule has 0 saturated carbocycles. The summed E-state index contributed by atoms with van der Waals surface area (Å²) in [6, 6.07) is 16.3. The maximum Gasteiger partial charge on any atom is 0.120 e. The van der Waals surface area contributed by atoms with Crippen molar-refractivity contribution in [1.82, 2.24) is 0 Å². The highest BCUT2D eigenvalue weighted by Crippen LogP contribution is 2.18. The lowest BCUT2D eigenvalue weighted by Gasteiger charge is -2.16. The molecule has 3 heteroatoms. The zero-order chi connectivity index (χ0) is 18.6. The van der Waals surface area contributed by atoms with Crippen molar-refractivity contribution < 1.29 is 9.47 Å². The van der Waals surface area contributed by atoms with Gasteiger partial charge in [0, 0.05) is 5.69 Å². The van der Waals surface area contributed by atoms with Crippen molar-refractivity contribution in [3.63, 3.8) is 0 Å². The van der Waals surface area contributed by atoms with Gasteiger partial charge in [-0.15, -0.1) is 0 Å². The Hall–Kier alpha value is -2.16. The first-order valence-corrected chi connectivity index (χ1v) is 9.87. The molecule has 0 bridgehead atoms. The number of unbranched alkanes of at least 4 members (excludes halogenated alkanes) is 4. The van der Waals surface area contributed by atoms with Gasteiger partial charge >= 0.3 is 0 Å². The maximum absolute atomic E-state index is 5.95. The zero-order valence-electron chi connectivity index (χ0n) is 16.5. The molecule has 2 aromatic rings. The van der Waals surface area contributed by atoms with Crippen LogP contribution >= 0.6 is 0 Å². The fourth-order valence-electron chi connectivity index (χ4n) is 2.79. The van der Waals surface area contributed by atoms with Gasteiger partial charge in [-0.3, -0.25) is 0 Å². The van der Waals surface area contributed by atoms with E-state index in [4.69, 9.17) is 9.47 Å². The van der Waals surface area contributed by atoms with Crippen molar-refractivity contribution in [1.29, 1.82) is 0 Å². The van der Waals surface area contributed by atoms with E-state index < -0.39 is 0 Å². The SMILES string of the molecule is CCCCCCCOc1ccc(NCC(C)Oc2cccc(C)c2)cc1. The van der Waals surface area contributed by atoms with E-state index in [0.29, 0.717) is 0 Å². The molecule has 0 heterocycles. The largest absolute Gasteiger partial charge is 0.494 e. The van der Waals surface area contributed by atoms with Crippen molar-refractivity contribution in [3.8, 4) is 11.5 Å². The summed E-state index contributed by atoms with van der Waals surface area (Å²) >= 11 is 0. The summed E-state index contributed by atoms with van der Waals surface area (Å²) in [5, 5.41) is 3.42. The van der Waals surface area contributed by atoms with Crippen LogP contribution in [-0.2, 0) is 0 Å². The number of rotatable bonds is 12. The van der Waals surface area contributed by atoms with Crippen molar-refractivity contribution in [2.24, 2.45) is 0 Å². The van der Waals surface area contributed by atoms with Crippen LogP contribution in [0.2, 0.25) is 0 Å². The van der Waals surface area contributed by atoms with Crippen LogP contribution in [0.5, 0.6) is 11.5 Å². The average Bonchev–Trinajstić information content (AvgIpc) is 2.64. The molecule has 0 radical (unpaired) electrons. The summed E-state index contributed by atoms with van der Waals surface area (Å²) in [6.45, 7) is 7.95. The zero-order valence-corrected chi connectivity index (χ0v) is 16.5. The fraction of sp³-hybridized carbons (Fsp3) is 0.478. The van der Waals surface area contributed by atoms with E-state index >= 15 is 0 Å². The van der Waals surface area contributed by atoms with Crippen LogP contribution in [0.15, 0.2) is 48.5 Å². The van der Waals surface area contributed by atoms with E-state index in [9.17, 15) is 0 Å². The third-order valence-electron chi connectivity index (χ3n) is 4.29. The van der Waals surface area contributed by atoms with Crippen molar-refractivity contribution in [2.75, 3.05) is 18.5 Å². The number of ether oxygens (including phenoxy) is 2. The quantitative estimate of drug-likeness (QED) is 0.458. The van der Waals surface area contributed by atoms with Gasteiger partial charge in [0.25, 0.3) is 0 Å². The van der Waals surface area contributed by atoms with Gasteiger partial charge in [-0.25, -0.2) is 0 Å². The fourth-order valence-corrected chi connectivity index (χ4v) is 2.79. The minimum absolute atomic E-state index is 0.0934. The number of benzene rings is 2. The lowest BCUT2D eigenvalue weighted by Crippen LogP contribution is -2.22. The predicted molar refractivity (Wildman–Crippen MR) is 110 cm³/mol. The first kappa shape index (κ1) is 20.2. The highest BCUT2D eigenvalue weighted by Gasteiger charge is 2.04. The predicted octanol–water partition coefficient (Wildman–Crippen LogP) is 6.22. The number of anilines is 1. The first-order valence-electron chi connectivity index (χ1n) is 9.87. The van der Waals surface area contributed by atoms with Crippen LogP contribution in [0.3, 0.4) is 0 Å². The lowest BCUT2D eigenvalue weighted by molar-refractivity contribution is 0.234. The van der Waals surface area contributed by atoms with Crippen LogP contribution in [0.25, 0.3) is 0 Å². The standard InChI is InChI=1S/C23H33NO2/c1-4-5-6-7-8-16-25-22-14-12-21(13-15-22)24-18-20(3)26-23-11-9-10-19(2)17-23/h9-15,17,20,24H,4-8,16,18H2,1-3H3. The van der Waals surface area contributed by atoms with Crippen LogP contribution in [0.1, 0.15) is 51.5 Å². The summed E-state index contributed by atoms with van der Waals surface area (Å²) in [5.74, 6) is 1.86. The molecule has 1 N–H and O–H groups in total. The summed E-state index contributed by atoms with van der Waals surface area (Å²) < 4.78 is 11.8. The second-order valence-electron chi connectivity index (χ2n) is 6.91. The van der Waals surface area contributed by atoms with Gasteiger partial charge in [-0.1, -0.05) is 44.7 Å². The van der Waals surface area contributed by atoms with Gasteiger partial charge < -0.3 is 14.8 Å². The summed E-state index contributed by atoms with van der Waals surface area (Å²) in [4.78, 5) is 0. The molecule has 0 aliphatic carbocycles. The first-order chi connectivity index (χ1) is 12.7. The Morgan fingerprint density at radius 2 is 1.69 bits per heavy atom. The Labute approximate surface area is 158 Å². The number of hydrogen-bond acceptors (Lipinski definition) is 3. The van der Waals surface area contributed by atoms with Crippen LogP contribution < -0.4 is 14.8 Å². The molecular weight excluding hydrogens is 322 g/mol. The highest BCUT2D eigenvalue weighted by molar-refractivity contribution is 5.46. The Kier molecular flexibility index (Phi) is 8.88. The molecule has 142 valence electrons. The van der Waals surface area contributed by atoms with Gasteiger partial charge in [0.05, 0.1) is 13.2 Å². The smallest absolute Gasteiger partial charge is 0.120 e. The maximum atomic E-state index is 5.95. The molecule has 2 rings (SSSR count). The Bertz CT molecular complexity index is 624. The molecule has 0 aliphatic rings. The van der Waals surface area contributed by atoms with E-state index in [-0.39, 0.29) is 6.10 Å². The normalized spacial score (nSPS) is 11.8. The Morgan fingerprint density at radius 3 is 2.42 bits per heavy atom. The minimum atomic E-state index is 0.0934. The van der Waals surface area contributed by atoms with Crippen molar-refractivity contribution in [2.45, 2.75) is 59.0 Å². The number of nitrogens with one attached hydrogen (secondary N) is 1. The van der Waals surface area contributed by atoms with Gasteiger partial charge in [0.15, 0.2) is 0 Å². The van der Waals surface area contributed by atoms with Gasteiger partial charge in [0.2, 0.25) is 0 Å².